The Labute approximate surface area is 161 Å². The van der Waals surface area contributed by atoms with Crippen molar-refractivity contribution >= 4 is 37.0 Å². The Hall–Kier alpha value is -0.745. The molecule has 1 atom stereocenters. The van der Waals surface area contributed by atoms with Gasteiger partial charge in [-0.2, -0.15) is 0 Å². The molecule has 1 aliphatic rings. The van der Waals surface area contributed by atoms with E-state index >= 15 is 0 Å². The van der Waals surface area contributed by atoms with Crippen molar-refractivity contribution in [2.75, 3.05) is 13.1 Å². The molecule has 25 heavy (non-hydrogen) atoms. The predicted octanol–water partition coefficient (Wildman–Crippen LogP) is 3.21. The molecular formula is C18H27BCl2N2O2. The maximum atomic E-state index is 11.8. The van der Waals surface area contributed by atoms with E-state index in [9.17, 15) is 9.90 Å². The summed E-state index contributed by atoms with van der Waals surface area (Å²) in [5.74, 6) is -0.821. The Morgan fingerprint density at radius 2 is 1.96 bits per heavy atom. The number of nitrogens with two attached hydrogens (primary N) is 1. The Balaban J connectivity index is 1.92. The number of hydrogen-bond acceptors (Lipinski definition) is 3. The third-order valence-corrected chi connectivity index (χ3v) is 6.04. The van der Waals surface area contributed by atoms with Crippen molar-refractivity contribution in [3.8, 4) is 0 Å². The van der Waals surface area contributed by atoms with Gasteiger partial charge in [-0.15, -0.1) is 0 Å². The Bertz CT molecular complexity index is 594. The van der Waals surface area contributed by atoms with Gasteiger partial charge in [0.15, 0.2) is 0 Å². The third kappa shape index (κ3) is 5.36. The fourth-order valence-electron chi connectivity index (χ4n) is 3.66. The first-order valence-electron chi connectivity index (χ1n) is 9.05. The summed E-state index contributed by atoms with van der Waals surface area (Å²) in [5, 5.41) is 10.8. The summed E-state index contributed by atoms with van der Waals surface area (Å²) in [5.41, 5.74) is 6.37. The molecule has 3 N–H and O–H groups in total. The lowest BCUT2D eigenvalue weighted by Gasteiger charge is -2.40. The largest absolute Gasteiger partial charge is 0.480 e. The average molecular weight is 385 g/mol. The van der Waals surface area contributed by atoms with E-state index in [0.29, 0.717) is 16.5 Å². The van der Waals surface area contributed by atoms with Crippen LogP contribution in [0.3, 0.4) is 0 Å². The molecule has 1 aliphatic heterocycles. The van der Waals surface area contributed by atoms with Crippen molar-refractivity contribution in [1.29, 1.82) is 0 Å². The second kappa shape index (κ2) is 9.27. The smallest absolute Gasteiger partial charge is 0.323 e. The van der Waals surface area contributed by atoms with Gasteiger partial charge in [0.05, 0.1) is 10.0 Å². The SMILES string of the molecule is BCCCC[C@](N)(C(=O)O)C1CCN(Cc2ccc(Cl)c(Cl)c2)CC1. The highest BCUT2D eigenvalue weighted by Gasteiger charge is 2.42. The molecule has 1 aromatic rings. The number of aliphatic carboxylic acids is 1. The number of carboxylic acid groups (broad SMARTS) is 1. The highest BCUT2D eigenvalue weighted by atomic mass is 35.5. The zero-order valence-electron chi connectivity index (χ0n) is 14.8. The monoisotopic (exact) mass is 384 g/mol. The molecule has 1 heterocycles. The molecule has 0 saturated carbocycles. The number of nitrogens with zero attached hydrogens (tertiary/aromatic N) is 1. The van der Waals surface area contributed by atoms with Gasteiger partial charge >= 0.3 is 5.97 Å². The van der Waals surface area contributed by atoms with E-state index in [-0.39, 0.29) is 5.92 Å². The molecule has 1 saturated heterocycles. The molecule has 1 aromatic carbocycles. The van der Waals surface area contributed by atoms with Crippen LogP contribution >= 0.6 is 23.2 Å². The molecule has 0 aliphatic carbocycles. The van der Waals surface area contributed by atoms with Crippen LogP contribution in [0.1, 0.15) is 37.7 Å². The van der Waals surface area contributed by atoms with Gasteiger partial charge in [0.1, 0.15) is 13.4 Å². The van der Waals surface area contributed by atoms with Crippen LogP contribution in [0.5, 0.6) is 0 Å². The number of carbonyl (C=O) groups is 1. The molecule has 138 valence electrons. The van der Waals surface area contributed by atoms with Gasteiger partial charge < -0.3 is 10.8 Å². The highest BCUT2D eigenvalue weighted by Crippen LogP contribution is 2.32. The van der Waals surface area contributed by atoms with Crippen molar-refractivity contribution in [1.82, 2.24) is 4.90 Å². The van der Waals surface area contributed by atoms with Crippen molar-refractivity contribution < 1.29 is 9.90 Å². The van der Waals surface area contributed by atoms with Gasteiger partial charge in [-0.1, -0.05) is 48.4 Å². The number of unbranched alkanes of at least 4 members (excludes halogenated alkanes) is 1. The lowest BCUT2D eigenvalue weighted by atomic mass is 9.75. The minimum atomic E-state index is -1.09. The van der Waals surface area contributed by atoms with Crippen LogP contribution in [-0.2, 0) is 11.3 Å². The fourth-order valence-corrected chi connectivity index (χ4v) is 3.98. The number of halogens is 2. The molecule has 0 unspecified atom stereocenters. The van der Waals surface area contributed by atoms with Gasteiger partial charge in [-0.25, -0.2) is 0 Å². The molecule has 0 spiro atoms. The molecule has 1 fully saturated rings. The van der Waals surface area contributed by atoms with E-state index in [1.165, 1.54) is 0 Å². The van der Waals surface area contributed by atoms with Crippen LogP contribution in [0, 0.1) is 5.92 Å². The van der Waals surface area contributed by atoms with Gasteiger partial charge in [0.2, 0.25) is 0 Å². The van der Waals surface area contributed by atoms with E-state index in [1.807, 2.05) is 18.2 Å². The van der Waals surface area contributed by atoms with Crippen LogP contribution in [0.25, 0.3) is 0 Å². The second-order valence-corrected chi connectivity index (χ2v) is 7.92. The normalized spacial score (nSPS) is 18.8. The predicted molar refractivity (Wildman–Crippen MR) is 106 cm³/mol. The average Bonchev–Trinajstić information content (AvgIpc) is 2.59. The van der Waals surface area contributed by atoms with E-state index in [1.54, 1.807) is 0 Å². The fraction of sp³-hybridized carbons (Fsp3) is 0.611. The lowest BCUT2D eigenvalue weighted by Crippen LogP contribution is -2.56. The molecule has 4 nitrogen and oxygen atoms in total. The molecule has 2 rings (SSSR count). The van der Waals surface area contributed by atoms with Crippen LogP contribution in [-0.4, -0.2) is 42.5 Å². The van der Waals surface area contributed by atoms with Crippen molar-refractivity contribution in [3.63, 3.8) is 0 Å². The number of hydrogen-bond donors (Lipinski definition) is 2. The lowest BCUT2D eigenvalue weighted by molar-refractivity contribution is -0.147. The van der Waals surface area contributed by atoms with Crippen LogP contribution in [0.15, 0.2) is 18.2 Å². The molecule has 0 radical (unpaired) electrons. The minimum absolute atomic E-state index is 0.0342. The van der Waals surface area contributed by atoms with E-state index < -0.39 is 11.5 Å². The number of likely N-dealkylation sites (tertiary alicyclic amines) is 1. The molecule has 0 aromatic heterocycles. The van der Waals surface area contributed by atoms with Crippen molar-refractivity contribution in [2.24, 2.45) is 11.7 Å². The van der Waals surface area contributed by atoms with E-state index in [4.69, 9.17) is 28.9 Å². The summed E-state index contributed by atoms with van der Waals surface area (Å²) < 4.78 is 0. The summed E-state index contributed by atoms with van der Waals surface area (Å²) in [6.07, 6.45) is 5.17. The van der Waals surface area contributed by atoms with Crippen LogP contribution in [0.4, 0.5) is 0 Å². The highest BCUT2D eigenvalue weighted by molar-refractivity contribution is 6.42. The van der Waals surface area contributed by atoms with E-state index in [2.05, 4.69) is 12.7 Å². The minimum Gasteiger partial charge on any atom is -0.480 e. The standard InChI is InChI=1S/C18H27BCl2N2O2/c19-8-2-1-7-18(22,17(24)25)14-5-9-23(10-6-14)12-13-3-4-15(20)16(21)11-13/h3-4,11,14H,1-2,5-10,12,19,22H2,(H,24,25)/t18-/m1/s1. The second-order valence-electron chi connectivity index (χ2n) is 7.10. The Morgan fingerprint density at radius 1 is 1.28 bits per heavy atom. The summed E-state index contributed by atoms with van der Waals surface area (Å²) >= 11 is 12.0. The first-order chi connectivity index (χ1) is 11.9. The molecule has 0 amide bonds. The van der Waals surface area contributed by atoms with Gasteiger partial charge in [0.25, 0.3) is 0 Å². The quantitative estimate of drug-likeness (QED) is 0.533. The summed E-state index contributed by atoms with van der Waals surface area (Å²) in [4.78, 5) is 14.1. The molecule has 7 heteroatoms. The van der Waals surface area contributed by atoms with Crippen molar-refractivity contribution in [2.45, 2.75) is 50.5 Å². The number of piperidine rings is 1. The van der Waals surface area contributed by atoms with Crippen LogP contribution < -0.4 is 5.73 Å². The molecular weight excluding hydrogens is 358 g/mol. The first kappa shape index (κ1) is 20.6. The summed E-state index contributed by atoms with van der Waals surface area (Å²) in [6, 6.07) is 5.69. The number of rotatable bonds is 8. The summed E-state index contributed by atoms with van der Waals surface area (Å²) in [7, 11) is 2.11. The Morgan fingerprint density at radius 3 is 2.52 bits per heavy atom. The zero-order chi connectivity index (χ0) is 18.4. The van der Waals surface area contributed by atoms with Gasteiger partial charge in [-0.05, 0) is 56.0 Å². The molecule has 0 bridgehead atoms. The van der Waals surface area contributed by atoms with Crippen molar-refractivity contribution in [3.05, 3.63) is 33.8 Å². The topological polar surface area (TPSA) is 66.6 Å². The third-order valence-electron chi connectivity index (χ3n) is 5.30. The van der Waals surface area contributed by atoms with Gasteiger partial charge in [-0.3, -0.25) is 9.69 Å². The Kier molecular flexibility index (Phi) is 7.62. The van der Waals surface area contributed by atoms with E-state index in [0.717, 1.165) is 57.2 Å². The van der Waals surface area contributed by atoms with Gasteiger partial charge in [0, 0.05) is 6.54 Å². The van der Waals surface area contributed by atoms with Crippen LogP contribution in [0.2, 0.25) is 16.4 Å². The maximum Gasteiger partial charge on any atom is 0.323 e. The first-order valence-corrected chi connectivity index (χ1v) is 9.81. The maximum absolute atomic E-state index is 11.8. The number of benzene rings is 1. The number of carboxylic acids is 1. The zero-order valence-corrected chi connectivity index (χ0v) is 16.3. The summed E-state index contributed by atoms with van der Waals surface area (Å²) in [6.45, 7) is 2.50.